The van der Waals surface area contributed by atoms with Crippen LogP contribution in [0.1, 0.15) is 30.8 Å². The summed E-state index contributed by atoms with van der Waals surface area (Å²) in [5, 5.41) is 0. The molecule has 0 spiro atoms. The predicted octanol–water partition coefficient (Wildman–Crippen LogP) is 3.64. The quantitative estimate of drug-likeness (QED) is 0.685. The third-order valence-electron chi connectivity index (χ3n) is 1.44. The van der Waals surface area contributed by atoms with Crippen LogP contribution in [0.4, 0.5) is 0 Å². The Bertz CT molecular complexity index is 230. The van der Waals surface area contributed by atoms with Crippen LogP contribution in [-0.2, 0) is 0 Å². The van der Waals surface area contributed by atoms with Crippen LogP contribution in [0.2, 0.25) is 0 Å². The highest BCUT2D eigenvalue weighted by atomic mass is 14.7. The predicted molar refractivity (Wildman–Crippen MR) is 57.1 cm³/mol. The second-order valence-electron chi connectivity index (χ2n) is 2.23. The van der Waals surface area contributed by atoms with Crippen molar-refractivity contribution in [1.82, 2.24) is 4.98 Å². The number of H-pyrrole nitrogens is 1. The van der Waals surface area contributed by atoms with E-state index in [9.17, 15) is 0 Å². The summed E-state index contributed by atoms with van der Waals surface area (Å²) in [6.45, 7) is 13.4. The summed E-state index contributed by atoms with van der Waals surface area (Å²) < 4.78 is 0. The molecule has 1 heterocycles. The van der Waals surface area contributed by atoms with Gasteiger partial charge in [0, 0.05) is 11.4 Å². The van der Waals surface area contributed by atoms with Crippen molar-refractivity contribution in [3.63, 3.8) is 0 Å². The molecule has 0 saturated carbocycles. The summed E-state index contributed by atoms with van der Waals surface area (Å²) in [6.07, 6.45) is 3.62. The SMILES string of the molecule is C=Cc1cc(C)[nH]c1C=C.CC. The molecular weight excluding hydrogens is 146 g/mol. The molecular formula is C11H17N. The van der Waals surface area contributed by atoms with Gasteiger partial charge in [0.1, 0.15) is 0 Å². The topological polar surface area (TPSA) is 15.8 Å². The van der Waals surface area contributed by atoms with Crippen LogP contribution in [0.25, 0.3) is 12.2 Å². The Labute approximate surface area is 74.8 Å². The molecule has 0 saturated heterocycles. The average Bonchev–Trinajstić information content (AvgIpc) is 2.49. The Morgan fingerprint density at radius 3 is 2.17 bits per heavy atom. The van der Waals surface area contributed by atoms with Gasteiger partial charge in [-0.15, -0.1) is 0 Å². The first-order chi connectivity index (χ1) is 5.77. The van der Waals surface area contributed by atoms with Crippen molar-refractivity contribution in [3.8, 4) is 0 Å². The van der Waals surface area contributed by atoms with Crippen molar-refractivity contribution in [3.05, 3.63) is 36.2 Å². The molecule has 1 heteroatoms. The normalized spacial score (nSPS) is 8.25. The molecule has 0 aliphatic heterocycles. The van der Waals surface area contributed by atoms with Gasteiger partial charge in [-0.1, -0.05) is 33.1 Å². The average molecular weight is 163 g/mol. The summed E-state index contributed by atoms with van der Waals surface area (Å²) >= 11 is 0. The van der Waals surface area contributed by atoms with Crippen molar-refractivity contribution in [1.29, 1.82) is 0 Å². The molecule has 0 aromatic carbocycles. The van der Waals surface area contributed by atoms with Crippen LogP contribution in [0.15, 0.2) is 19.2 Å². The molecule has 0 radical (unpaired) electrons. The monoisotopic (exact) mass is 163 g/mol. The number of aromatic nitrogens is 1. The summed E-state index contributed by atoms with van der Waals surface area (Å²) in [6, 6.07) is 2.05. The molecule has 1 aromatic rings. The van der Waals surface area contributed by atoms with E-state index >= 15 is 0 Å². The van der Waals surface area contributed by atoms with Gasteiger partial charge in [0.2, 0.25) is 0 Å². The lowest BCUT2D eigenvalue weighted by atomic mass is 10.2. The number of aromatic amines is 1. The van der Waals surface area contributed by atoms with Gasteiger partial charge in [0.05, 0.1) is 0 Å². The number of aryl methyl sites for hydroxylation is 1. The summed E-state index contributed by atoms with van der Waals surface area (Å²) in [5.74, 6) is 0. The zero-order valence-corrected chi connectivity index (χ0v) is 8.15. The lowest BCUT2D eigenvalue weighted by Crippen LogP contribution is -1.72. The first kappa shape index (κ1) is 10.8. The van der Waals surface area contributed by atoms with Gasteiger partial charge in [-0.25, -0.2) is 0 Å². The Hall–Kier alpha value is -1.24. The van der Waals surface area contributed by atoms with Crippen molar-refractivity contribution in [2.75, 3.05) is 0 Å². The highest BCUT2D eigenvalue weighted by molar-refractivity contribution is 5.61. The van der Waals surface area contributed by atoms with Crippen molar-refractivity contribution >= 4 is 12.2 Å². The van der Waals surface area contributed by atoms with Crippen molar-refractivity contribution in [2.45, 2.75) is 20.8 Å². The standard InChI is InChI=1S/C9H11N.C2H6/c1-4-8-6-7(3)10-9(8)5-2;1-2/h4-6,10H,1-2H2,3H3;1-2H3. The van der Waals surface area contributed by atoms with Gasteiger partial charge < -0.3 is 4.98 Å². The van der Waals surface area contributed by atoms with Gasteiger partial charge in [-0.2, -0.15) is 0 Å². The van der Waals surface area contributed by atoms with E-state index < -0.39 is 0 Å². The number of hydrogen-bond donors (Lipinski definition) is 1. The van der Waals surface area contributed by atoms with Crippen LogP contribution in [0, 0.1) is 6.92 Å². The molecule has 0 bridgehead atoms. The fourth-order valence-corrected chi connectivity index (χ4v) is 0.969. The van der Waals surface area contributed by atoms with Gasteiger partial charge in [-0.3, -0.25) is 0 Å². The van der Waals surface area contributed by atoms with Crippen molar-refractivity contribution in [2.24, 2.45) is 0 Å². The van der Waals surface area contributed by atoms with Crippen LogP contribution < -0.4 is 0 Å². The minimum atomic E-state index is 1.05. The first-order valence-electron chi connectivity index (χ1n) is 4.22. The second kappa shape index (κ2) is 5.42. The van der Waals surface area contributed by atoms with Gasteiger partial charge >= 0.3 is 0 Å². The second-order valence-corrected chi connectivity index (χ2v) is 2.23. The van der Waals surface area contributed by atoms with Crippen LogP contribution in [-0.4, -0.2) is 4.98 Å². The van der Waals surface area contributed by atoms with E-state index in [0.717, 1.165) is 17.0 Å². The molecule has 12 heavy (non-hydrogen) atoms. The Morgan fingerprint density at radius 2 is 1.83 bits per heavy atom. The minimum Gasteiger partial charge on any atom is -0.359 e. The van der Waals surface area contributed by atoms with Gasteiger partial charge in [0.25, 0.3) is 0 Å². The van der Waals surface area contributed by atoms with Gasteiger partial charge in [-0.05, 0) is 24.6 Å². The Balaban J connectivity index is 0.000000561. The lowest BCUT2D eigenvalue weighted by Gasteiger charge is -1.86. The molecule has 0 fully saturated rings. The third-order valence-corrected chi connectivity index (χ3v) is 1.44. The number of rotatable bonds is 2. The molecule has 66 valence electrons. The summed E-state index contributed by atoms with van der Waals surface area (Å²) in [7, 11) is 0. The van der Waals surface area contributed by atoms with E-state index in [1.165, 1.54) is 0 Å². The van der Waals surface area contributed by atoms with E-state index in [-0.39, 0.29) is 0 Å². The van der Waals surface area contributed by atoms with Crippen LogP contribution >= 0.6 is 0 Å². The zero-order chi connectivity index (χ0) is 9.56. The van der Waals surface area contributed by atoms with Gasteiger partial charge in [0.15, 0.2) is 0 Å². The van der Waals surface area contributed by atoms with Crippen LogP contribution in [0.5, 0.6) is 0 Å². The smallest absolute Gasteiger partial charge is 0.0449 e. The van der Waals surface area contributed by atoms with Crippen LogP contribution in [0.3, 0.4) is 0 Å². The lowest BCUT2D eigenvalue weighted by molar-refractivity contribution is 1.25. The number of nitrogens with one attached hydrogen (secondary N) is 1. The fourth-order valence-electron chi connectivity index (χ4n) is 0.969. The molecule has 0 unspecified atom stereocenters. The van der Waals surface area contributed by atoms with E-state index in [4.69, 9.17) is 0 Å². The molecule has 0 amide bonds. The van der Waals surface area contributed by atoms with Crippen molar-refractivity contribution < 1.29 is 0 Å². The van der Waals surface area contributed by atoms with E-state index in [1.54, 1.807) is 6.08 Å². The van der Waals surface area contributed by atoms with E-state index in [1.807, 2.05) is 32.9 Å². The molecule has 1 nitrogen and oxygen atoms in total. The fraction of sp³-hybridized carbons (Fsp3) is 0.273. The molecule has 1 aromatic heterocycles. The first-order valence-corrected chi connectivity index (χ1v) is 4.22. The summed E-state index contributed by atoms with van der Waals surface area (Å²) in [4.78, 5) is 3.16. The highest BCUT2D eigenvalue weighted by Crippen LogP contribution is 2.12. The maximum atomic E-state index is 3.69. The maximum absolute atomic E-state index is 3.69. The van der Waals surface area contributed by atoms with E-state index in [2.05, 4.69) is 18.1 Å². The zero-order valence-electron chi connectivity index (χ0n) is 8.15. The molecule has 1 rings (SSSR count). The Kier molecular flexibility index (Phi) is 4.86. The minimum absolute atomic E-state index is 1.05. The molecule has 1 N–H and O–H groups in total. The third kappa shape index (κ3) is 2.42. The maximum Gasteiger partial charge on any atom is 0.0449 e. The largest absolute Gasteiger partial charge is 0.359 e. The Morgan fingerprint density at radius 1 is 1.25 bits per heavy atom. The number of hydrogen-bond acceptors (Lipinski definition) is 0. The molecule has 0 aliphatic carbocycles. The molecule has 0 atom stereocenters. The summed E-state index contributed by atoms with van der Waals surface area (Å²) in [5.41, 5.74) is 3.31. The highest BCUT2D eigenvalue weighted by Gasteiger charge is 1.96. The van der Waals surface area contributed by atoms with E-state index in [0.29, 0.717) is 0 Å². The molecule has 0 aliphatic rings.